The molecular weight excluding hydrogens is 457 g/mol. The van der Waals surface area contributed by atoms with Gasteiger partial charge in [0.2, 0.25) is 5.91 Å². The van der Waals surface area contributed by atoms with Crippen LogP contribution in [0.15, 0.2) is 48.5 Å². The van der Waals surface area contributed by atoms with E-state index in [9.17, 15) is 18.8 Å². The molecule has 0 spiro atoms. The molecule has 1 aliphatic rings. The van der Waals surface area contributed by atoms with Crippen molar-refractivity contribution in [3.8, 4) is 0 Å². The lowest BCUT2D eigenvalue weighted by molar-refractivity contribution is -0.152. The topological polar surface area (TPSA) is 79.0 Å². The fourth-order valence-corrected chi connectivity index (χ4v) is 4.24. The first-order valence-electron chi connectivity index (χ1n) is 11.2. The molecule has 0 radical (unpaired) electrons. The van der Waals surface area contributed by atoms with Gasteiger partial charge in [-0.25, -0.2) is 4.39 Å². The van der Waals surface area contributed by atoms with E-state index in [-0.39, 0.29) is 30.0 Å². The molecule has 1 saturated heterocycles. The largest absolute Gasteiger partial charge is 0.455 e. The lowest BCUT2D eigenvalue weighted by Gasteiger charge is -2.34. The van der Waals surface area contributed by atoms with Gasteiger partial charge >= 0.3 is 5.97 Å². The van der Waals surface area contributed by atoms with Crippen molar-refractivity contribution >= 4 is 35.2 Å². The number of thioether (sulfide) groups is 1. The molecule has 1 atom stereocenters. The normalized spacial score (nSPS) is 15.0. The van der Waals surface area contributed by atoms with Crippen molar-refractivity contribution in [2.75, 3.05) is 43.9 Å². The average molecular weight is 488 g/mol. The summed E-state index contributed by atoms with van der Waals surface area (Å²) in [5, 5.41) is 2.04. The van der Waals surface area contributed by atoms with E-state index in [4.69, 9.17) is 4.74 Å². The van der Waals surface area contributed by atoms with E-state index in [1.54, 1.807) is 11.8 Å². The second-order valence-electron chi connectivity index (χ2n) is 8.26. The Morgan fingerprint density at radius 3 is 2.47 bits per heavy atom. The standard InChI is InChI=1S/C25H30FN3O4S/c1-18-4-3-5-20(14-18)15-28-10-12-29(13-11-28)24(31)16-33-25(32)19(2)34-17-23(30)27-22-8-6-21(26)7-9-22/h3-9,14,19H,10-13,15-17H2,1-2H3,(H,27,30). The molecule has 1 heterocycles. The van der Waals surface area contributed by atoms with Crippen LogP contribution in [0.4, 0.5) is 10.1 Å². The second-order valence-corrected chi connectivity index (χ2v) is 9.59. The summed E-state index contributed by atoms with van der Waals surface area (Å²) >= 11 is 1.11. The van der Waals surface area contributed by atoms with Crippen molar-refractivity contribution in [1.82, 2.24) is 9.80 Å². The van der Waals surface area contributed by atoms with E-state index in [0.29, 0.717) is 18.8 Å². The molecule has 2 amide bonds. The van der Waals surface area contributed by atoms with E-state index in [1.807, 2.05) is 0 Å². The SMILES string of the molecule is Cc1cccc(CN2CCN(C(=O)COC(=O)C(C)SCC(=O)Nc3ccc(F)cc3)CC2)c1. The van der Waals surface area contributed by atoms with Crippen molar-refractivity contribution in [2.45, 2.75) is 25.6 Å². The molecule has 7 nitrogen and oxygen atoms in total. The third kappa shape index (κ3) is 8.14. The van der Waals surface area contributed by atoms with Crippen LogP contribution < -0.4 is 5.32 Å². The first-order valence-corrected chi connectivity index (χ1v) is 12.2. The summed E-state index contributed by atoms with van der Waals surface area (Å²) in [7, 11) is 0. The summed E-state index contributed by atoms with van der Waals surface area (Å²) < 4.78 is 18.1. The third-order valence-corrected chi connectivity index (χ3v) is 6.60. The maximum absolute atomic E-state index is 12.9. The molecule has 2 aromatic rings. The number of hydrogen-bond acceptors (Lipinski definition) is 6. The number of carbonyl (C=O) groups is 3. The van der Waals surface area contributed by atoms with Crippen LogP contribution in [0.1, 0.15) is 18.1 Å². The summed E-state index contributed by atoms with van der Waals surface area (Å²) in [6.45, 7) is 6.97. The van der Waals surface area contributed by atoms with Gasteiger partial charge in [0.15, 0.2) is 6.61 Å². The van der Waals surface area contributed by atoms with Gasteiger partial charge in [-0.05, 0) is 43.7 Å². The van der Waals surface area contributed by atoms with Crippen LogP contribution in [0.2, 0.25) is 0 Å². The molecule has 182 valence electrons. The lowest BCUT2D eigenvalue weighted by Crippen LogP contribution is -2.49. The third-order valence-electron chi connectivity index (χ3n) is 5.48. The highest BCUT2D eigenvalue weighted by Crippen LogP contribution is 2.15. The molecule has 1 aliphatic heterocycles. The van der Waals surface area contributed by atoms with Gasteiger partial charge in [-0.2, -0.15) is 0 Å². The van der Waals surface area contributed by atoms with Gasteiger partial charge in [-0.3, -0.25) is 19.3 Å². The van der Waals surface area contributed by atoms with E-state index < -0.39 is 11.2 Å². The highest BCUT2D eigenvalue weighted by atomic mass is 32.2. The van der Waals surface area contributed by atoms with Crippen molar-refractivity contribution in [3.05, 3.63) is 65.5 Å². The average Bonchev–Trinajstić information content (AvgIpc) is 2.82. The Bertz CT molecular complexity index is 994. The second kappa shape index (κ2) is 12.5. The predicted molar refractivity (Wildman–Crippen MR) is 131 cm³/mol. The molecule has 1 N–H and O–H groups in total. The molecule has 9 heteroatoms. The number of nitrogens with one attached hydrogen (secondary N) is 1. The molecule has 2 aromatic carbocycles. The fraction of sp³-hybridized carbons (Fsp3) is 0.400. The van der Waals surface area contributed by atoms with Crippen LogP contribution >= 0.6 is 11.8 Å². The number of ether oxygens (including phenoxy) is 1. The van der Waals surface area contributed by atoms with E-state index in [1.165, 1.54) is 35.4 Å². The van der Waals surface area contributed by atoms with Crippen LogP contribution in [0, 0.1) is 12.7 Å². The quantitative estimate of drug-likeness (QED) is 0.548. The summed E-state index contributed by atoms with van der Waals surface area (Å²) in [4.78, 5) is 40.7. The zero-order valence-electron chi connectivity index (χ0n) is 19.5. The Morgan fingerprint density at radius 1 is 1.09 bits per heavy atom. The first kappa shape index (κ1) is 25.7. The molecule has 3 rings (SSSR count). The molecule has 34 heavy (non-hydrogen) atoms. The number of benzene rings is 2. The molecule has 0 saturated carbocycles. The van der Waals surface area contributed by atoms with Crippen molar-refractivity contribution in [2.24, 2.45) is 0 Å². The molecule has 0 aromatic heterocycles. The number of anilines is 1. The minimum atomic E-state index is -0.599. The van der Waals surface area contributed by atoms with Crippen LogP contribution in [-0.4, -0.2) is 71.4 Å². The van der Waals surface area contributed by atoms with E-state index in [2.05, 4.69) is 41.4 Å². The van der Waals surface area contributed by atoms with Gasteiger partial charge in [0.1, 0.15) is 11.1 Å². The molecular formula is C25H30FN3O4S. The van der Waals surface area contributed by atoms with Crippen molar-refractivity contribution < 1.29 is 23.5 Å². The minimum absolute atomic E-state index is 0.0322. The Balaban J connectivity index is 1.32. The number of halogens is 1. The Hall–Kier alpha value is -2.91. The number of hydrogen-bond donors (Lipinski definition) is 1. The van der Waals surface area contributed by atoms with Gasteiger partial charge < -0.3 is 15.0 Å². The number of carbonyl (C=O) groups excluding carboxylic acids is 3. The maximum atomic E-state index is 12.9. The van der Waals surface area contributed by atoms with Gasteiger partial charge in [0.05, 0.1) is 5.75 Å². The highest BCUT2D eigenvalue weighted by molar-refractivity contribution is 8.01. The summed E-state index contributed by atoms with van der Waals surface area (Å²) in [5.41, 5.74) is 2.97. The Morgan fingerprint density at radius 2 is 1.79 bits per heavy atom. The number of amides is 2. The number of nitrogens with zero attached hydrogens (tertiary/aromatic N) is 2. The zero-order valence-corrected chi connectivity index (χ0v) is 20.3. The van der Waals surface area contributed by atoms with E-state index in [0.717, 1.165) is 31.4 Å². The highest BCUT2D eigenvalue weighted by Gasteiger charge is 2.23. The number of rotatable bonds is 9. The molecule has 1 fully saturated rings. The summed E-state index contributed by atoms with van der Waals surface area (Å²) in [6.07, 6.45) is 0. The lowest BCUT2D eigenvalue weighted by atomic mass is 10.1. The van der Waals surface area contributed by atoms with Crippen LogP contribution in [0.5, 0.6) is 0 Å². The number of aryl methyl sites for hydroxylation is 1. The van der Waals surface area contributed by atoms with Crippen molar-refractivity contribution in [3.63, 3.8) is 0 Å². The molecule has 0 bridgehead atoms. The van der Waals surface area contributed by atoms with Gasteiger partial charge in [-0.1, -0.05) is 29.8 Å². The minimum Gasteiger partial charge on any atom is -0.455 e. The monoisotopic (exact) mass is 487 g/mol. The van der Waals surface area contributed by atoms with Gasteiger partial charge in [0.25, 0.3) is 5.91 Å². The Kier molecular flexibility index (Phi) is 9.47. The van der Waals surface area contributed by atoms with Crippen molar-refractivity contribution in [1.29, 1.82) is 0 Å². The smallest absolute Gasteiger partial charge is 0.319 e. The predicted octanol–water partition coefficient (Wildman–Crippen LogP) is 3.08. The zero-order chi connectivity index (χ0) is 24.5. The van der Waals surface area contributed by atoms with Gasteiger partial charge in [0, 0.05) is 38.4 Å². The van der Waals surface area contributed by atoms with E-state index >= 15 is 0 Å². The molecule has 1 unspecified atom stereocenters. The fourth-order valence-electron chi connectivity index (χ4n) is 3.56. The summed E-state index contributed by atoms with van der Waals surface area (Å²) in [5.74, 6) is -1.41. The van der Waals surface area contributed by atoms with Crippen LogP contribution in [-0.2, 0) is 25.7 Å². The molecule has 0 aliphatic carbocycles. The number of esters is 1. The van der Waals surface area contributed by atoms with Crippen LogP contribution in [0.25, 0.3) is 0 Å². The summed E-state index contributed by atoms with van der Waals surface area (Å²) in [6, 6.07) is 13.8. The maximum Gasteiger partial charge on any atom is 0.319 e. The van der Waals surface area contributed by atoms with Gasteiger partial charge in [-0.15, -0.1) is 11.8 Å². The number of piperazine rings is 1. The first-order chi connectivity index (χ1) is 16.3. The Labute approximate surface area is 203 Å². The van der Waals surface area contributed by atoms with Crippen LogP contribution in [0.3, 0.4) is 0 Å².